The third kappa shape index (κ3) is 4.98. The Balaban J connectivity index is 2.68. The molecule has 0 atom stereocenters. The molecule has 0 fully saturated rings. The Morgan fingerprint density at radius 2 is 1.91 bits per heavy atom. The Bertz CT molecular complexity index is 559. The Labute approximate surface area is 135 Å². The van der Waals surface area contributed by atoms with Gasteiger partial charge in [0.05, 0.1) is 5.02 Å². The number of carbonyl (C=O) groups excluding carboxylic acids is 2. The first-order chi connectivity index (χ1) is 10.1. The molecule has 0 aromatic heterocycles. The van der Waals surface area contributed by atoms with Crippen LogP contribution in [0.5, 0.6) is 0 Å². The molecule has 122 valence electrons. The smallest absolute Gasteiger partial charge is 0.239 e. The van der Waals surface area contributed by atoms with Gasteiger partial charge in [0.2, 0.25) is 11.8 Å². The van der Waals surface area contributed by atoms with Crippen molar-refractivity contribution in [3.8, 4) is 0 Å². The number of nitrogens with one attached hydrogen (secondary N) is 2. The number of benzene rings is 1. The molecule has 0 heterocycles. The highest BCUT2D eigenvalue weighted by Crippen LogP contribution is 2.23. The molecule has 0 aliphatic heterocycles. The summed E-state index contributed by atoms with van der Waals surface area (Å²) in [6.07, 6.45) is 0.844. The van der Waals surface area contributed by atoms with Crippen LogP contribution in [0.25, 0.3) is 0 Å². The number of hydrogen-bond acceptors (Lipinski definition) is 2. The van der Waals surface area contributed by atoms with Gasteiger partial charge < -0.3 is 10.6 Å². The van der Waals surface area contributed by atoms with Gasteiger partial charge in [0.15, 0.2) is 0 Å². The van der Waals surface area contributed by atoms with Crippen molar-refractivity contribution < 1.29 is 14.0 Å². The van der Waals surface area contributed by atoms with Crippen LogP contribution in [0.3, 0.4) is 0 Å². The van der Waals surface area contributed by atoms with Gasteiger partial charge in [0.1, 0.15) is 11.2 Å². The van der Waals surface area contributed by atoms with Crippen molar-refractivity contribution >= 4 is 29.1 Å². The van der Waals surface area contributed by atoms with Crippen LogP contribution in [0.1, 0.15) is 34.1 Å². The van der Waals surface area contributed by atoms with Crippen LogP contribution in [-0.2, 0) is 9.59 Å². The first kappa shape index (κ1) is 18.4. The average molecular weight is 329 g/mol. The molecule has 1 aromatic carbocycles. The third-order valence-corrected chi connectivity index (χ3v) is 3.61. The highest BCUT2D eigenvalue weighted by Gasteiger charge is 2.35. The van der Waals surface area contributed by atoms with Crippen molar-refractivity contribution in [1.82, 2.24) is 5.32 Å². The summed E-state index contributed by atoms with van der Waals surface area (Å²) in [7, 11) is 0. The molecule has 6 heteroatoms. The zero-order chi connectivity index (χ0) is 16.9. The molecule has 22 heavy (non-hydrogen) atoms. The van der Waals surface area contributed by atoms with Crippen molar-refractivity contribution in [3.05, 3.63) is 29.0 Å². The van der Waals surface area contributed by atoms with Crippen molar-refractivity contribution in [2.75, 3.05) is 11.9 Å². The molecule has 1 aromatic rings. The summed E-state index contributed by atoms with van der Waals surface area (Å²) in [6.45, 7) is 7.72. The molecule has 0 aliphatic rings. The number of rotatable bonds is 6. The van der Waals surface area contributed by atoms with Crippen LogP contribution >= 0.6 is 11.6 Å². The lowest BCUT2D eigenvalue weighted by Crippen LogP contribution is -2.45. The number of amides is 2. The summed E-state index contributed by atoms with van der Waals surface area (Å²) in [4.78, 5) is 24.4. The zero-order valence-corrected chi connectivity index (χ0v) is 14.1. The van der Waals surface area contributed by atoms with Crippen LogP contribution in [0.15, 0.2) is 18.2 Å². The molecule has 0 saturated carbocycles. The number of anilines is 1. The van der Waals surface area contributed by atoms with Gasteiger partial charge in [-0.05, 0) is 44.4 Å². The van der Waals surface area contributed by atoms with E-state index in [0.717, 1.165) is 12.5 Å². The molecule has 0 bridgehead atoms. The predicted octanol–water partition coefficient (Wildman–Crippen LogP) is 3.61. The minimum absolute atomic E-state index is 0.0861. The summed E-state index contributed by atoms with van der Waals surface area (Å²) >= 11 is 5.67. The molecule has 0 aliphatic carbocycles. The van der Waals surface area contributed by atoms with Gasteiger partial charge >= 0.3 is 0 Å². The molecule has 0 unspecified atom stereocenters. The average Bonchev–Trinajstić information content (AvgIpc) is 2.42. The van der Waals surface area contributed by atoms with Gasteiger partial charge in [-0.15, -0.1) is 0 Å². The van der Waals surface area contributed by atoms with E-state index < -0.39 is 17.1 Å². The lowest BCUT2D eigenvalue weighted by atomic mass is 9.90. The fourth-order valence-corrected chi connectivity index (χ4v) is 1.84. The van der Waals surface area contributed by atoms with Crippen LogP contribution in [0.4, 0.5) is 10.1 Å². The number of carbonyl (C=O) groups is 2. The summed E-state index contributed by atoms with van der Waals surface area (Å²) in [5.41, 5.74) is -0.892. The van der Waals surface area contributed by atoms with Crippen molar-refractivity contribution in [2.24, 2.45) is 11.3 Å². The van der Waals surface area contributed by atoms with Gasteiger partial charge in [-0.2, -0.15) is 0 Å². The minimum atomic E-state index is -1.24. The molecule has 4 nitrogen and oxygen atoms in total. The maximum absolute atomic E-state index is 13.1. The van der Waals surface area contributed by atoms with Gasteiger partial charge in [0, 0.05) is 12.2 Å². The first-order valence-electron chi connectivity index (χ1n) is 7.19. The van der Waals surface area contributed by atoms with E-state index in [1.54, 1.807) is 0 Å². The lowest BCUT2D eigenvalue weighted by molar-refractivity contribution is -0.138. The second-order valence-corrected chi connectivity index (χ2v) is 6.55. The lowest BCUT2D eigenvalue weighted by Gasteiger charge is -2.23. The fraction of sp³-hybridized carbons (Fsp3) is 0.500. The molecule has 2 N–H and O–H groups in total. The van der Waals surface area contributed by atoms with E-state index in [4.69, 9.17) is 11.6 Å². The highest BCUT2D eigenvalue weighted by atomic mass is 35.5. The first-order valence-corrected chi connectivity index (χ1v) is 7.57. The maximum Gasteiger partial charge on any atom is 0.239 e. The van der Waals surface area contributed by atoms with Crippen LogP contribution in [0, 0.1) is 17.2 Å². The largest absolute Gasteiger partial charge is 0.355 e. The van der Waals surface area contributed by atoms with E-state index in [1.165, 1.54) is 26.0 Å². The van der Waals surface area contributed by atoms with Gasteiger partial charge in [-0.25, -0.2) is 4.39 Å². The summed E-state index contributed by atoms with van der Waals surface area (Å²) in [6, 6.07) is 3.86. The molecular weight excluding hydrogens is 307 g/mol. The number of halogens is 2. The van der Waals surface area contributed by atoms with E-state index in [2.05, 4.69) is 24.5 Å². The molecular formula is C16H22ClFN2O2. The van der Waals surface area contributed by atoms with E-state index in [0.29, 0.717) is 18.2 Å². The SMILES string of the molecule is CC(C)CCNC(=O)C(C)(C)C(=O)Nc1ccc(F)c(Cl)c1. The Morgan fingerprint density at radius 3 is 2.45 bits per heavy atom. The van der Waals surface area contributed by atoms with Gasteiger partial charge in [-0.3, -0.25) is 9.59 Å². The third-order valence-electron chi connectivity index (χ3n) is 3.32. The summed E-state index contributed by atoms with van der Waals surface area (Å²) < 4.78 is 13.1. The van der Waals surface area contributed by atoms with Gasteiger partial charge in [-0.1, -0.05) is 25.4 Å². The van der Waals surface area contributed by atoms with Crippen molar-refractivity contribution in [3.63, 3.8) is 0 Å². The topological polar surface area (TPSA) is 58.2 Å². The maximum atomic E-state index is 13.1. The van der Waals surface area contributed by atoms with E-state index in [-0.39, 0.29) is 10.9 Å². The van der Waals surface area contributed by atoms with Crippen LogP contribution in [0.2, 0.25) is 5.02 Å². The minimum Gasteiger partial charge on any atom is -0.355 e. The van der Waals surface area contributed by atoms with E-state index in [9.17, 15) is 14.0 Å². The molecule has 1 rings (SSSR count). The standard InChI is InChI=1S/C16H22ClFN2O2/c1-10(2)7-8-19-14(21)16(3,4)15(22)20-11-5-6-13(18)12(17)9-11/h5-6,9-10H,7-8H2,1-4H3,(H,19,21)(H,20,22). The quantitative estimate of drug-likeness (QED) is 0.784. The monoisotopic (exact) mass is 328 g/mol. The predicted molar refractivity (Wildman–Crippen MR) is 86.3 cm³/mol. The fourth-order valence-electron chi connectivity index (χ4n) is 1.66. The van der Waals surface area contributed by atoms with E-state index >= 15 is 0 Å². The molecule has 0 spiro atoms. The highest BCUT2D eigenvalue weighted by molar-refractivity contribution is 6.31. The number of hydrogen-bond donors (Lipinski definition) is 2. The summed E-state index contributed by atoms with van der Waals surface area (Å²) in [5, 5.41) is 5.25. The second-order valence-electron chi connectivity index (χ2n) is 6.15. The Morgan fingerprint density at radius 1 is 1.27 bits per heavy atom. The van der Waals surface area contributed by atoms with Crippen molar-refractivity contribution in [2.45, 2.75) is 34.1 Å². The van der Waals surface area contributed by atoms with Crippen molar-refractivity contribution in [1.29, 1.82) is 0 Å². The van der Waals surface area contributed by atoms with E-state index in [1.807, 2.05) is 0 Å². The zero-order valence-electron chi connectivity index (χ0n) is 13.3. The Kier molecular flexibility index (Phi) is 6.35. The van der Waals surface area contributed by atoms with Crippen LogP contribution in [-0.4, -0.2) is 18.4 Å². The summed E-state index contributed by atoms with van der Waals surface area (Å²) in [5.74, 6) is -0.917. The Hall–Kier alpha value is -1.62. The molecule has 0 radical (unpaired) electrons. The van der Waals surface area contributed by atoms with Gasteiger partial charge in [0.25, 0.3) is 0 Å². The molecule has 2 amide bonds. The molecule has 0 saturated heterocycles. The normalized spacial score (nSPS) is 11.4. The second kappa shape index (κ2) is 7.58. The van der Waals surface area contributed by atoms with Crippen LogP contribution < -0.4 is 10.6 Å².